The highest BCUT2D eigenvalue weighted by molar-refractivity contribution is 6.08. The number of aryl methyl sites for hydroxylation is 1. The smallest absolute Gasteiger partial charge is 0.255 e. The number of para-hydroxylation sites is 1. The van der Waals surface area contributed by atoms with E-state index in [-0.39, 0.29) is 5.91 Å². The summed E-state index contributed by atoms with van der Waals surface area (Å²) in [7, 11) is 0. The standard InChI is InChI=1S/C22H22N4O/c27-22(26-14-12-25(13-15-26)16-8-10-23-11-9-16)21-17-4-1-2-6-19(17)24-20-7-3-5-18(20)21/h1-2,4,6,8-11H,3,5,7,12-15H2. The molecule has 1 saturated heterocycles. The van der Waals surface area contributed by atoms with E-state index < -0.39 is 0 Å². The van der Waals surface area contributed by atoms with Crippen LogP contribution in [-0.4, -0.2) is 47.0 Å². The molecular weight excluding hydrogens is 336 g/mol. The molecule has 1 aromatic carbocycles. The van der Waals surface area contributed by atoms with Crippen molar-refractivity contribution in [3.63, 3.8) is 0 Å². The summed E-state index contributed by atoms with van der Waals surface area (Å²) in [5, 5.41) is 1.000. The third-order valence-corrected chi connectivity index (χ3v) is 5.73. The van der Waals surface area contributed by atoms with Crippen LogP contribution in [0.3, 0.4) is 0 Å². The van der Waals surface area contributed by atoms with Gasteiger partial charge in [-0.2, -0.15) is 0 Å². The molecule has 0 saturated carbocycles. The number of pyridine rings is 2. The number of carbonyl (C=O) groups excluding carboxylic acids is 1. The monoisotopic (exact) mass is 358 g/mol. The molecule has 136 valence electrons. The fraction of sp³-hybridized carbons (Fsp3) is 0.318. The molecule has 0 spiro atoms. The number of amides is 1. The van der Waals surface area contributed by atoms with Gasteiger partial charge in [0, 0.05) is 55.3 Å². The van der Waals surface area contributed by atoms with Gasteiger partial charge in [0.05, 0.1) is 11.1 Å². The van der Waals surface area contributed by atoms with E-state index in [9.17, 15) is 4.79 Å². The summed E-state index contributed by atoms with van der Waals surface area (Å²) in [6.07, 6.45) is 6.68. The van der Waals surface area contributed by atoms with Crippen LogP contribution < -0.4 is 4.90 Å². The van der Waals surface area contributed by atoms with Gasteiger partial charge in [0.1, 0.15) is 0 Å². The Labute approximate surface area is 158 Å². The van der Waals surface area contributed by atoms with Crippen molar-refractivity contribution in [3.05, 3.63) is 65.6 Å². The van der Waals surface area contributed by atoms with Crippen molar-refractivity contribution in [2.75, 3.05) is 31.1 Å². The fourth-order valence-electron chi connectivity index (χ4n) is 4.34. The Morgan fingerprint density at radius 1 is 0.926 bits per heavy atom. The number of anilines is 1. The lowest BCUT2D eigenvalue weighted by molar-refractivity contribution is 0.0747. The van der Waals surface area contributed by atoms with Crippen molar-refractivity contribution in [3.8, 4) is 0 Å². The number of carbonyl (C=O) groups is 1. The molecular formula is C22H22N4O. The first-order valence-electron chi connectivity index (χ1n) is 9.66. The summed E-state index contributed by atoms with van der Waals surface area (Å²) in [4.78, 5) is 26.7. The van der Waals surface area contributed by atoms with E-state index in [4.69, 9.17) is 4.98 Å². The van der Waals surface area contributed by atoms with Crippen LogP contribution in [0.1, 0.15) is 28.0 Å². The largest absolute Gasteiger partial charge is 0.368 e. The topological polar surface area (TPSA) is 49.3 Å². The minimum atomic E-state index is 0.168. The maximum absolute atomic E-state index is 13.5. The van der Waals surface area contributed by atoms with Crippen LogP contribution in [0, 0.1) is 0 Å². The highest BCUT2D eigenvalue weighted by Crippen LogP contribution is 2.31. The quantitative estimate of drug-likeness (QED) is 0.706. The molecule has 3 heterocycles. The summed E-state index contributed by atoms with van der Waals surface area (Å²) >= 11 is 0. The maximum Gasteiger partial charge on any atom is 0.255 e. The molecule has 0 radical (unpaired) electrons. The van der Waals surface area contributed by atoms with E-state index in [0.29, 0.717) is 0 Å². The molecule has 5 heteroatoms. The first kappa shape index (κ1) is 16.2. The first-order chi connectivity index (χ1) is 13.3. The zero-order chi connectivity index (χ0) is 18.2. The van der Waals surface area contributed by atoms with E-state index >= 15 is 0 Å². The lowest BCUT2D eigenvalue weighted by atomic mass is 9.99. The van der Waals surface area contributed by atoms with Crippen molar-refractivity contribution >= 4 is 22.5 Å². The summed E-state index contributed by atoms with van der Waals surface area (Å²) in [5.41, 5.74) is 5.30. The van der Waals surface area contributed by atoms with Crippen LogP contribution in [0.5, 0.6) is 0 Å². The number of nitrogens with zero attached hydrogens (tertiary/aromatic N) is 4. The van der Waals surface area contributed by atoms with E-state index in [1.807, 2.05) is 53.7 Å². The van der Waals surface area contributed by atoms with Crippen LogP contribution in [0.25, 0.3) is 10.9 Å². The zero-order valence-corrected chi connectivity index (χ0v) is 15.3. The van der Waals surface area contributed by atoms with Crippen molar-refractivity contribution < 1.29 is 4.79 Å². The summed E-state index contributed by atoms with van der Waals surface area (Å²) in [6, 6.07) is 12.1. The number of benzene rings is 1. The molecule has 1 aliphatic heterocycles. The summed E-state index contributed by atoms with van der Waals surface area (Å²) in [5.74, 6) is 0.168. The minimum absolute atomic E-state index is 0.168. The van der Waals surface area contributed by atoms with Gasteiger partial charge in [-0.25, -0.2) is 0 Å². The van der Waals surface area contributed by atoms with Crippen LogP contribution in [0.4, 0.5) is 5.69 Å². The Morgan fingerprint density at radius 2 is 1.70 bits per heavy atom. The first-order valence-corrected chi connectivity index (χ1v) is 9.66. The van der Waals surface area contributed by atoms with Gasteiger partial charge in [0.25, 0.3) is 5.91 Å². The average Bonchev–Trinajstić information content (AvgIpc) is 3.20. The highest BCUT2D eigenvalue weighted by Gasteiger charge is 2.28. The second kappa shape index (κ2) is 6.65. The molecule has 5 nitrogen and oxygen atoms in total. The van der Waals surface area contributed by atoms with E-state index in [1.54, 1.807) is 0 Å². The lowest BCUT2D eigenvalue weighted by Crippen LogP contribution is -2.49. The van der Waals surface area contributed by atoms with Gasteiger partial charge in [-0.3, -0.25) is 14.8 Å². The normalized spacial score (nSPS) is 16.6. The van der Waals surface area contributed by atoms with Gasteiger partial charge in [-0.15, -0.1) is 0 Å². The van der Waals surface area contributed by atoms with Gasteiger partial charge in [0.15, 0.2) is 0 Å². The van der Waals surface area contributed by atoms with E-state index in [0.717, 1.165) is 67.6 Å². The van der Waals surface area contributed by atoms with E-state index in [2.05, 4.69) is 9.88 Å². The summed E-state index contributed by atoms with van der Waals surface area (Å²) in [6.45, 7) is 3.18. The molecule has 27 heavy (non-hydrogen) atoms. The predicted molar refractivity (Wildman–Crippen MR) is 106 cm³/mol. The van der Waals surface area contributed by atoms with Gasteiger partial charge in [-0.05, 0) is 43.0 Å². The molecule has 0 unspecified atom stereocenters. The molecule has 0 atom stereocenters. The lowest BCUT2D eigenvalue weighted by Gasteiger charge is -2.36. The molecule has 2 aromatic heterocycles. The Morgan fingerprint density at radius 3 is 2.52 bits per heavy atom. The molecule has 5 rings (SSSR count). The molecule has 1 fully saturated rings. The second-order valence-electron chi connectivity index (χ2n) is 7.27. The van der Waals surface area contributed by atoms with Crippen LogP contribution in [-0.2, 0) is 12.8 Å². The highest BCUT2D eigenvalue weighted by atomic mass is 16.2. The Bertz CT molecular complexity index is 994. The molecule has 0 bridgehead atoms. The average molecular weight is 358 g/mol. The van der Waals surface area contributed by atoms with Gasteiger partial charge in [0.2, 0.25) is 0 Å². The molecule has 0 N–H and O–H groups in total. The third-order valence-electron chi connectivity index (χ3n) is 5.73. The van der Waals surface area contributed by atoms with Crippen molar-refractivity contribution in [2.45, 2.75) is 19.3 Å². The Hall–Kier alpha value is -2.95. The van der Waals surface area contributed by atoms with Gasteiger partial charge in [-0.1, -0.05) is 18.2 Å². The number of hydrogen-bond donors (Lipinski definition) is 0. The van der Waals surface area contributed by atoms with Crippen LogP contribution >= 0.6 is 0 Å². The third kappa shape index (κ3) is 2.83. The van der Waals surface area contributed by atoms with Gasteiger partial charge < -0.3 is 9.80 Å². The van der Waals surface area contributed by atoms with Crippen molar-refractivity contribution in [1.29, 1.82) is 0 Å². The minimum Gasteiger partial charge on any atom is -0.368 e. The number of fused-ring (bicyclic) bond motifs is 2. The molecule has 2 aliphatic rings. The fourth-order valence-corrected chi connectivity index (χ4v) is 4.34. The van der Waals surface area contributed by atoms with Gasteiger partial charge >= 0.3 is 0 Å². The number of rotatable bonds is 2. The predicted octanol–water partition coefficient (Wildman–Crippen LogP) is 3.08. The zero-order valence-electron chi connectivity index (χ0n) is 15.3. The molecule has 3 aromatic rings. The van der Waals surface area contributed by atoms with Crippen molar-refractivity contribution in [1.82, 2.24) is 14.9 Å². The van der Waals surface area contributed by atoms with E-state index in [1.165, 1.54) is 11.3 Å². The summed E-state index contributed by atoms with van der Waals surface area (Å²) < 4.78 is 0. The molecule has 1 aliphatic carbocycles. The number of hydrogen-bond acceptors (Lipinski definition) is 4. The number of aromatic nitrogens is 2. The Balaban J connectivity index is 1.44. The SMILES string of the molecule is O=C(c1c2c(nc3ccccc13)CCC2)N1CCN(c2ccncc2)CC1. The van der Waals surface area contributed by atoms with Crippen molar-refractivity contribution in [2.24, 2.45) is 0 Å². The second-order valence-corrected chi connectivity index (χ2v) is 7.27. The Kier molecular flexibility index (Phi) is 4.00. The molecule has 1 amide bonds. The van der Waals surface area contributed by atoms with Crippen LogP contribution in [0.15, 0.2) is 48.8 Å². The number of piperazine rings is 1. The maximum atomic E-state index is 13.5. The van der Waals surface area contributed by atoms with Crippen LogP contribution in [0.2, 0.25) is 0 Å².